The Balaban J connectivity index is 2.27. The topological polar surface area (TPSA) is 70.3 Å². The Morgan fingerprint density at radius 2 is 2.00 bits per heavy atom. The van der Waals surface area contributed by atoms with Gasteiger partial charge in [0.15, 0.2) is 6.61 Å². The van der Waals surface area contributed by atoms with Crippen molar-refractivity contribution in [1.82, 2.24) is 0 Å². The molecule has 6 heteroatoms. The summed E-state index contributed by atoms with van der Waals surface area (Å²) in [6.45, 7) is -0.461. The van der Waals surface area contributed by atoms with Gasteiger partial charge in [-0.1, -0.05) is 45.7 Å². The van der Waals surface area contributed by atoms with E-state index in [2.05, 4.69) is 22.0 Å². The molecule has 0 saturated carbocycles. The molecular weight excluding hydrogens is 382 g/mol. The molecule has 0 atom stereocenters. The summed E-state index contributed by atoms with van der Waals surface area (Å²) in [5.41, 5.74) is 2.00. The number of nitriles is 1. The van der Waals surface area contributed by atoms with Crippen molar-refractivity contribution < 1.29 is 14.6 Å². The van der Waals surface area contributed by atoms with Crippen LogP contribution in [0.2, 0.25) is 5.02 Å². The molecule has 1 N–H and O–H groups in total. The van der Waals surface area contributed by atoms with Crippen molar-refractivity contribution in [1.29, 1.82) is 5.26 Å². The van der Waals surface area contributed by atoms with E-state index in [0.29, 0.717) is 5.57 Å². The van der Waals surface area contributed by atoms with Gasteiger partial charge in [0.25, 0.3) is 0 Å². The van der Waals surface area contributed by atoms with Gasteiger partial charge in [-0.2, -0.15) is 5.26 Å². The van der Waals surface area contributed by atoms with Crippen LogP contribution < -0.4 is 4.74 Å². The second-order valence-corrected chi connectivity index (χ2v) is 5.87. The van der Waals surface area contributed by atoms with Gasteiger partial charge >= 0.3 is 5.97 Å². The molecule has 2 aromatic rings. The van der Waals surface area contributed by atoms with Gasteiger partial charge in [-0.3, -0.25) is 0 Å². The standard InChI is InChI=1S/C17H11BrClNO3/c18-14-4-2-12(3-5-14)13(9-20)7-11-1-6-16(15(19)8-11)23-10-17(21)22/h1-8H,10H2,(H,21,22)/b13-7-. The third kappa shape index (κ3) is 4.85. The molecular formula is C17H11BrClNO3. The van der Waals surface area contributed by atoms with Crippen LogP contribution in [-0.2, 0) is 4.79 Å². The van der Waals surface area contributed by atoms with E-state index in [4.69, 9.17) is 21.4 Å². The molecule has 2 rings (SSSR count). The monoisotopic (exact) mass is 391 g/mol. The SMILES string of the molecule is N#C/C(=C/c1ccc(OCC(=O)O)c(Cl)c1)c1ccc(Br)cc1. The van der Waals surface area contributed by atoms with Crippen LogP contribution in [0.15, 0.2) is 46.9 Å². The van der Waals surface area contributed by atoms with Crippen molar-refractivity contribution in [3.63, 3.8) is 0 Å². The lowest BCUT2D eigenvalue weighted by Gasteiger charge is -2.06. The molecule has 0 aliphatic rings. The lowest BCUT2D eigenvalue weighted by atomic mass is 10.0. The number of carboxylic acid groups (broad SMARTS) is 1. The molecule has 116 valence electrons. The average molecular weight is 393 g/mol. The summed E-state index contributed by atoms with van der Waals surface area (Å²) in [5.74, 6) is -0.791. The minimum atomic E-state index is -1.08. The first-order valence-electron chi connectivity index (χ1n) is 6.51. The summed E-state index contributed by atoms with van der Waals surface area (Å²) < 4.78 is 5.99. The Labute approximate surface area is 146 Å². The Kier molecular flexibility index (Phi) is 5.80. The number of ether oxygens (including phenoxy) is 1. The van der Waals surface area contributed by atoms with Crippen molar-refractivity contribution in [2.24, 2.45) is 0 Å². The third-order valence-corrected chi connectivity index (χ3v) is 3.72. The number of carboxylic acids is 1. The van der Waals surface area contributed by atoms with Crippen LogP contribution in [0.4, 0.5) is 0 Å². The zero-order valence-electron chi connectivity index (χ0n) is 11.8. The Bertz CT molecular complexity index is 794. The summed E-state index contributed by atoms with van der Waals surface area (Å²) in [5, 5.41) is 18.2. The van der Waals surface area contributed by atoms with Crippen molar-refractivity contribution >= 4 is 45.1 Å². The smallest absolute Gasteiger partial charge is 0.341 e. The molecule has 0 saturated heterocycles. The molecule has 0 radical (unpaired) electrons. The van der Waals surface area contributed by atoms with Gasteiger partial charge < -0.3 is 9.84 Å². The minimum absolute atomic E-state index is 0.285. The van der Waals surface area contributed by atoms with Crippen LogP contribution in [0.3, 0.4) is 0 Å². The van der Waals surface area contributed by atoms with Gasteiger partial charge in [-0.05, 0) is 41.5 Å². The van der Waals surface area contributed by atoms with Crippen LogP contribution in [0, 0.1) is 11.3 Å². The molecule has 2 aromatic carbocycles. The predicted molar refractivity (Wildman–Crippen MR) is 92.2 cm³/mol. The number of allylic oxidation sites excluding steroid dienone is 1. The van der Waals surface area contributed by atoms with Gasteiger partial charge in [0.1, 0.15) is 5.75 Å². The highest BCUT2D eigenvalue weighted by molar-refractivity contribution is 9.10. The largest absolute Gasteiger partial charge is 0.480 e. The van der Waals surface area contributed by atoms with Gasteiger partial charge in [0.2, 0.25) is 0 Å². The van der Waals surface area contributed by atoms with Crippen LogP contribution in [0.1, 0.15) is 11.1 Å². The van der Waals surface area contributed by atoms with Gasteiger partial charge in [0.05, 0.1) is 16.7 Å². The van der Waals surface area contributed by atoms with Crippen molar-refractivity contribution in [3.05, 3.63) is 63.1 Å². The first-order valence-corrected chi connectivity index (χ1v) is 7.68. The number of halogens is 2. The predicted octanol–water partition coefficient (Wildman–Crippen LogP) is 4.63. The second kappa shape index (κ2) is 7.82. The van der Waals surface area contributed by atoms with Gasteiger partial charge in [0, 0.05) is 4.47 Å². The first-order chi connectivity index (χ1) is 11.0. The number of benzene rings is 2. The van der Waals surface area contributed by atoms with E-state index in [0.717, 1.165) is 15.6 Å². The maximum absolute atomic E-state index is 10.5. The molecule has 0 aliphatic heterocycles. The molecule has 0 bridgehead atoms. The molecule has 0 unspecified atom stereocenters. The second-order valence-electron chi connectivity index (χ2n) is 4.55. The molecule has 0 amide bonds. The van der Waals surface area contributed by atoms with Crippen molar-refractivity contribution in [3.8, 4) is 11.8 Å². The maximum Gasteiger partial charge on any atom is 0.341 e. The number of nitrogens with zero attached hydrogens (tertiary/aromatic N) is 1. The van der Waals surface area contributed by atoms with E-state index >= 15 is 0 Å². The van der Waals surface area contributed by atoms with E-state index in [1.54, 1.807) is 24.3 Å². The average Bonchev–Trinajstić information content (AvgIpc) is 2.52. The first kappa shape index (κ1) is 17.1. The van der Waals surface area contributed by atoms with Gasteiger partial charge in [-0.25, -0.2) is 4.79 Å². The summed E-state index contributed by atoms with van der Waals surface area (Å²) in [6, 6.07) is 14.5. The quantitative estimate of drug-likeness (QED) is 0.595. The zero-order chi connectivity index (χ0) is 16.8. The minimum Gasteiger partial charge on any atom is -0.480 e. The molecule has 0 aliphatic carbocycles. The van der Waals surface area contributed by atoms with E-state index in [1.165, 1.54) is 0 Å². The summed E-state index contributed by atoms with van der Waals surface area (Å²) in [7, 11) is 0. The molecule has 0 spiro atoms. The summed E-state index contributed by atoms with van der Waals surface area (Å²) in [6.07, 6.45) is 1.70. The number of carbonyl (C=O) groups is 1. The Morgan fingerprint density at radius 3 is 2.57 bits per heavy atom. The lowest BCUT2D eigenvalue weighted by Crippen LogP contribution is -2.09. The Hall–Kier alpha value is -2.29. The summed E-state index contributed by atoms with van der Waals surface area (Å²) >= 11 is 9.42. The lowest BCUT2D eigenvalue weighted by molar-refractivity contribution is -0.139. The fourth-order valence-electron chi connectivity index (χ4n) is 1.84. The molecule has 23 heavy (non-hydrogen) atoms. The van der Waals surface area contributed by atoms with E-state index < -0.39 is 12.6 Å². The Morgan fingerprint density at radius 1 is 1.30 bits per heavy atom. The molecule has 4 nitrogen and oxygen atoms in total. The third-order valence-electron chi connectivity index (χ3n) is 2.89. The number of aliphatic carboxylic acids is 1. The van der Waals surface area contributed by atoms with Crippen molar-refractivity contribution in [2.75, 3.05) is 6.61 Å². The van der Waals surface area contributed by atoms with Crippen LogP contribution in [0.5, 0.6) is 5.75 Å². The summed E-state index contributed by atoms with van der Waals surface area (Å²) in [4.78, 5) is 10.5. The molecule has 0 fully saturated rings. The van der Waals surface area contributed by atoms with Crippen LogP contribution in [0.25, 0.3) is 11.6 Å². The van der Waals surface area contributed by atoms with Crippen LogP contribution in [-0.4, -0.2) is 17.7 Å². The van der Waals surface area contributed by atoms with Gasteiger partial charge in [-0.15, -0.1) is 0 Å². The fourth-order valence-corrected chi connectivity index (χ4v) is 2.35. The highest BCUT2D eigenvalue weighted by atomic mass is 79.9. The highest BCUT2D eigenvalue weighted by Crippen LogP contribution is 2.28. The number of rotatable bonds is 5. The number of hydrogen-bond acceptors (Lipinski definition) is 3. The maximum atomic E-state index is 10.5. The van der Waals surface area contributed by atoms with Crippen molar-refractivity contribution in [2.45, 2.75) is 0 Å². The molecule has 0 aromatic heterocycles. The number of hydrogen-bond donors (Lipinski definition) is 1. The van der Waals surface area contributed by atoms with Crippen LogP contribution >= 0.6 is 27.5 Å². The highest BCUT2D eigenvalue weighted by Gasteiger charge is 2.06. The zero-order valence-corrected chi connectivity index (χ0v) is 14.1. The normalized spacial score (nSPS) is 10.9. The van der Waals surface area contributed by atoms with E-state index in [-0.39, 0.29) is 10.8 Å². The van der Waals surface area contributed by atoms with E-state index in [1.807, 2.05) is 24.3 Å². The van der Waals surface area contributed by atoms with E-state index in [9.17, 15) is 10.1 Å². The molecule has 0 heterocycles. The fraction of sp³-hybridized carbons (Fsp3) is 0.0588.